The summed E-state index contributed by atoms with van der Waals surface area (Å²) in [4.78, 5) is 9.25. The van der Waals surface area contributed by atoms with Crippen LogP contribution in [0, 0.1) is 0 Å². The molecule has 0 spiro atoms. The summed E-state index contributed by atoms with van der Waals surface area (Å²) in [5.41, 5.74) is 0. The van der Waals surface area contributed by atoms with Crippen molar-refractivity contribution in [1.29, 1.82) is 0 Å². The zero-order valence-corrected chi connectivity index (χ0v) is 4.92. The molecule has 0 saturated carbocycles. The third-order valence-corrected chi connectivity index (χ3v) is 0.175. The number of carboxylic acids is 1. The minimum atomic E-state index is -0.981. The second kappa shape index (κ2) is 9.74. The van der Waals surface area contributed by atoms with Gasteiger partial charge in [-0.25, -0.2) is 4.79 Å². The summed E-state index contributed by atoms with van der Waals surface area (Å²) in [5.74, 6) is -0.981. The van der Waals surface area contributed by atoms with E-state index < -0.39 is 5.97 Å². The van der Waals surface area contributed by atoms with Crippen LogP contribution in [0.5, 0.6) is 0 Å². The fraction of sp³-hybridized carbons (Fsp3) is 0. The number of carbonyl (C=O) groups is 1. The molecule has 3 heteroatoms. The SMILES string of the molecule is C=CC(=O)O.[Li][CH]=C. The van der Waals surface area contributed by atoms with E-state index in [4.69, 9.17) is 5.11 Å². The summed E-state index contributed by atoms with van der Waals surface area (Å²) in [7, 11) is 0. The van der Waals surface area contributed by atoms with E-state index >= 15 is 0 Å². The van der Waals surface area contributed by atoms with Crippen molar-refractivity contribution in [3.63, 3.8) is 0 Å². The molecule has 0 aliphatic rings. The van der Waals surface area contributed by atoms with Crippen LogP contribution in [-0.2, 0) is 4.79 Å². The van der Waals surface area contributed by atoms with Crippen LogP contribution >= 0.6 is 0 Å². The Morgan fingerprint density at radius 3 is 1.75 bits per heavy atom. The Morgan fingerprint density at radius 2 is 1.75 bits per heavy atom. The number of carboxylic acid groups (broad SMARTS) is 1. The van der Waals surface area contributed by atoms with Crippen molar-refractivity contribution in [3.8, 4) is 0 Å². The van der Waals surface area contributed by atoms with Crippen LogP contribution in [0.4, 0.5) is 0 Å². The molecule has 40 valence electrons. The quantitative estimate of drug-likeness (QED) is 0.391. The topological polar surface area (TPSA) is 37.3 Å². The van der Waals surface area contributed by atoms with Gasteiger partial charge in [0.05, 0.1) is 0 Å². The van der Waals surface area contributed by atoms with Crippen LogP contribution in [-0.4, -0.2) is 28.8 Å². The fourth-order valence-corrected chi connectivity index (χ4v) is 0. The Balaban J connectivity index is 0. The molecule has 0 radical (unpaired) electrons. The van der Waals surface area contributed by atoms with E-state index in [1.807, 2.05) is 17.7 Å². The molecule has 2 nitrogen and oxygen atoms in total. The predicted octanol–water partition coefficient (Wildman–Crippen LogP) is 0.555. The van der Waals surface area contributed by atoms with Gasteiger partial charge >= 0.3 is 35.0 Å². The van der Waals surface area contributed by atoms with E-state index in [9.17, 15) is 4.79 Å². The molecule has 0 saturated heterocycles. The van der Waals surface area contributed by atoms with Gasteiger partial charge in [-0.3, -0.25) is 0 Å². The van der Waals surface area contributed by atoms with Crippen LogP contribution in [0.2, 0.25) is 0 Å². The van der Waals surface area contributed by atoms with Gasteiger partial charge in [-0.2, -0.15) is 0 Å². The van der Waals surface area contributed by atoms with Gasteiger partial charge in [0.2, 0.25) is 0 Å². The number of rotatable bonds is 1. The second-order valence-electron chi connectivity index (χ2n) is 0.951. The first-order valence-corrected chi connectivity index (χ1v) is 2.11. The zero-order chi connectivity index (χ0) is 6.99. The molecule has 8 heavy (non-hydrogen) atoms. The standard InChI is InChI=1S/C3H4O2.C2H3.Li/c1-2-3(4)5;1-2;/h2H,1H2,(H,4,5);1H,2H2;. The molecule has 0 unspecified atom stereocenters. The summed E-state index contributed by atoms with van der Waals surface area (Å²) in [6, 6.07) is 0. The van der Waals surface area contributed by atoms with Crippen molar-refractivity contribution >= 4 is 23.7 Å². The van der Waals surface area contributed by atoms with Crippen molar-refractivity contribution in [2.45, 2.75) is 0 Å². The Kier molecular flexibility index (Phi) is 12.8. The van der Waals surface area contributed by atoms with Gasteiger partial charge in [0.1, 0.15) is 0 Å². The van der Waals surface area contributed by atoms with Gasteiger partial charge in [0.15, 0.2) is 0 Å². The van der Waals surface area contributed by atoms with Crippen LogP contribution < -0.4 is 0 Å². The molecule has 0 atom stereocenters. The first-order valence-electron chi connectivity index (χ1n) is 2.11. The molecule has 0 aromatic heterocycles. The van der Waals surface area contributed by atoms with E-state index in [0.717, 1.165) is 6.08 Å². The molecule has 0 amide bonds. The summed E-state index contributed by atoms with van der Waals surface area (Å²) in [6.45, 7) is 6.32. The number of hydrogen-bond donors (Lipinski definition) is 1. The predicted molar refractivity (Wildman–Crippen MR) is 33.8 cm³/mol. The molecule has 0 aromatic carbocycles. The Bertz CT molecular complexity index is 88.4. The third kappa shape index (κ3) is 47.9. The molecule has 0 aliphatic heterocycles. The van der Waals surface area contributed by atoms with Gasteiger partial charge in [0.25, 0.3) is 0 Å². The van der Waals surface area contributed by atoms with Crippen LogP contribution in [0.1, 0.15) is 0 Å². The maximum atomic E-state index is 9.25. The van der Waals surface area contributed by atoms with Gasteiger partial charge in [-0.05, 0) is 0 Å². The molecule has 0 rings (SSSR count). The third-order valence-electron chi connectivity index (χ3n) is 0.175. The molecular formula is C5H7LiO2. The average Bonchev–Trinajstić information content (AvgIpc) is 1.69. The van der Waals surface area contributed by atoms with Crippen molar-refractivity contribution in [3.05, 3.63) is 24.0 Å². The Morgan fingerprint density at radius 1 is 1.62 bits per heavy atom. The maximum absolute atomic E-state index is 9.25. The first-order chi connectivity index (χ1) is 3.68. The first kappa shape index (κ1) is 10.5. The normalized spacial score (nSPS) is 5.75. The Labute approximate surface area is 58.1 Å². The molecule has 1 N–H and O–H groups in total. The molecule has 0 bridgehead atoms. The van der Waals surface area contributed by atoms with E-state index in [1.165, 1.54) is 0 Å². The molecule has 0 aromatic rings. The van der Waals surface area contributed by atoms with Gasteiger partial charge in [0, 0.05) is 6.08 Å². The van der Waals surface area contributed by atoms with E-state index in [0.29, 0.717) is 0 Å². The second-order valence-corrected chi connectivity index (χ2v) is 0.951. The number of hydrogen-bond acceptors (Lipinski definition) is 1. The average molecular weight is 106 g/mol. The van der Waals surface area contributed by atoms with E-state index in [1.54, 1.807) is 4.75 Å². The van der Waals surface area contributed by atoms with Crippen LogP contribution in [0.15, 0.2) is 24.0 Å². The molecule has 0 fully saturated rings. The van der Waals surface area contributed by atoms with Crippen LogP contribution in [0.3, 0.4) is 0 Å². The summed E-state index contributed by atoms with van der Waals surface area (Å²) < 4.78 is 1.75. The summed E-state index contributed by atoms with van der Waals surface area (Å²) >= 11 is 1.89. The van der Waals surface area contributed by atoms with E-state index in [-0.39, 0.29) is 0 Å². The molecule has 0 heterocycles. The van der Waals surface area contributed by atoms with Crippen molar-refractivity contribution in [2.75, 3.05) is 0 Å². The number of aliphatic carboxylic acids is 1. The van der Waals surface area contributed by atoms with Gasteiger partial charge in [-0.1, -0.05) is 6.58 Å². The van der Waals surface area contributed by atoms with Crippen molar-refractivity contribution in [1.82, 2.24) is 0 Å². The van der Waals surface area contributed by atoms with Crippen LogP contribution in [0.25, 0.3) is 0 Å². The summed E-state index contributed by atoms with van der Waals surface area (Å²) in [6.07, 6.45) is 0.833. The van der Waals surface area contributed by atoms with Gasteiger partial charge < -0.3 is 5.11 Å². The monoisotopic (exact) mass is 106 g/mol. The van der Waals surface area contributed by atoms with Crippen molar-refractivity contribution < 1.29 is 9.90 Å². The van der Waals surface area contributed by atoms with Crippen molar-refractivity contribution in [2.24, 2.45) is 0 Å². The Hall–Kier alpha value is -0.453. The minimum absolute atomic E-state index is 0.833. The zero-order valence-electron chi connectivity index (χ0n) is 4.92. The van der Waals surface area contributed by atoms with E-state index in [2.05, 4.69) is 13.2 Å². The molecule has 0 aliphatic carbocycles. The molecular weight excluding hydrogens is 99.0 g/mol. The fourth-order valence-electron chi connectivity index (χ4n) is 0. The van der Waals surface area contributed by atoms with Gasteiger partial charge in [-0.15, -0.1) is 0 Å². The summed E-state index contributed by atoms with van der Waals surface area (Å²) in [5, 5.41) is 7.60.